The van der Waals surface area contributed by atoms with Crippen LogP contribution in [0, 0.1) is 0 Å². The molecule has 0 spiro atoms. The van der Waals surface area contributed by atoms with E-state index in [9.17, 15) is 13.2 Å². The molecular formula is C11H15NO6S. The maximum absolute atomic E-state index is 12.3. The number of carboxylic acids is 1. The molecule has 0 unspecified atom stereocenters. The van der Waals surface area contributed by atoms with E-state index in [4.69, 9.17) is 14.3 Å². The fraction of sp³-hybridized carbons (Fsp3) is 0.545. The van der Waals surface area contributed by atoms with Gasteiger partial charge < -0.3 is 14.3 Å². The first kappa shape index (κ1) is 14.0. The van der Waals surface area contributed by atoms with E-state index in [-0.39, 0.29) is 16.9 Å². The monoisotopic (exact) mass is 289 g/mol. The highest BCUT2D eigenvalue weighted by Crippen LogP contribution is 2.23. The van der Waals surface area contributed by atoms with Crippen LogP contribution in [0.1, 0.15) is 23.4 Å². The number of aromatic carboxylic acids is 1. The molecule has 19 heavy (non-hydrogen) atoms. The zero-order valence-electron chi connectivity index (χ0n) is 10.4. The summed E-state index contributed by atoms with van der Waals surface area (Å²) in [4.78, 5) is 10.7. The van der Waals surface area contributed by atoms with Gasteiger partial charge in [-0.2, -0.15) is 4.31 Å². The van der Waals surface area contributed by atoms with Crippen LogP contribution in [-0.2, 0) is 14.8 Å². The standard InChI is InChI=1S/C11H15NO6S/c1-12(8-4-6-17-7-5-8)19(15,16)10-3-2-9(18-10)11(13)14/h2-3,8H,4-7H2,1H3,(H,13,14). The summed E-state index contributed by atoms with van der Waals surface area (Å²) >= 11 is 0. The van der Waals surface area contributed by atoms with Crippen molar-refractivity contribution >= 4 is 16.0 Å². The van der Waals surface area contributed by atoms with E-state index >= 15 is 0 Å². The Balaban J connectivity index is 2.22. The molecule has 0 radical (unpaired) electrons. The third kappa shape index (κ3) is 2.80. The van der Waals surface area contributed by atoms with Crippen LogP contribution in [0.2, 0.25) is 0 Å². The first-order chi connectivity index (χ1) is 8.93. The van der Waals surface area contributed by atoms with Gasteiger partial charge in [0.25, 0.3) is 10.0 Å². The molecule has 2 heterocycles. The van der Waals surface area contributed by atoms with Crippen LogP contribution in [-0.4, -0.2) is 50.1 Å². The summed E-state index contributed by atoms with van der Waals surface area (Å²) < 4.78 is 35.8. The zero-order valence-corrected chi connectivity index (χ0v) is 11.2. The summed E-state index contributed by atoms with van der Waals surface area (Å²) in [6, 6.07) is 2.14. The van der Waals surface area contributed by atoms with Crippen molar-refractivity contribution in [3.8, 4) is 0 Å². The molecule has 0 aliphatic carbocycles. The first-order valence-electron chi connectivity index (χ1n) is 5.82. The second kappa shape index (κ2) is 5.32. The molecule has 1 saturated heterocycles. The van der Waals surface area contributed by atoms with E-state index in [1.54, 1.807) is 0 Å². The molecule has 2 rings (SSSR count). The summed E-state index contributed by atoms with van der Waals surface area (Å²) in [5.41, 5.74) is 0. The van der Waals surface area contributed by atoms with Gasteiger partial charge in [-0.25, -0.2) is 13.2 Å². The molecule has 1 N–H and O–H groups in total. The Hall–Kier alpha value is -1.38. The lowest BCUT2D eigenvalue weighted by Gasteiger charge is -2.29. The van der Waals surface area contributed by atoms with Crippen molar-refractivity contribution in [3.63, 3.8) is 0 Å². The van der Waals surface area contributed by atoms with Gasteiger partial charge in [-0.15, -0.1) is 0 Å². The van der Waals surface area contributed by atoms with Crippen molar-refractivity contribution in [3.05, 3.63) is 17.9 Å². The highest BCUT2D eigenvalue weighted by Gasteiger charge is 2.32. The summed E-state index contributed by atoms with van der Waals surface area (Å²) in [7, 11) is -2.34. The van der Waals surface area contributed by atoms with E-state index in [1.165, 1.54) is 11.4 Å². The minimum atomic E-state index is -3.80. The topological polar surface area (TPSA) is 97.0 Å². The van der Waals surface area contributed by atoms with Crippen molar-refractivity contribution in [2.24, 2.45) is 0 Å². The van der Waals surface area contributed by atoms with Crippen molar-refractivity contribution in [2.75, 3.05) is 20.3 Å². The quantitative estimate of drug-likeness (QED) is 0.879. The summed E-state index contributed by atoms with van der Waals surface area (Å²) in [6.45, 7) is 1.03. The summed E-state index contributed by atoms with van der Waals surface area (Å²) in [5.74, 6) is -1.69. The Morgan fingerprint density at radius 3 is 2.53 bits per heavy atom. The minimum Gasteiger partial charge on any atom is -0.475 e. The Morgan fingerprint density at radius 1 is 1.37 bits per heavy atom. The molecule has 8 heteroatoms. The van der Waals surface area contributed by atoms with Crippen molar-refractivity contribution in [1.82, 2.24) is 4.31 Å². The third-order valence-corrected chi connectivity index (χ3v) is 4.91. The lowest BCUT2D eigenvalue weighted by Crippen LogP contribution is -2.40. The van der Waals surface area contributed by atoms with Gasteiger partial charge in [-0.1, -0.05) is 0 Å². The molecule has 0 atom stereocenters. The molecular weight excluding hydrogens is 274 g/mol. The number of nitrogens with zero attached hydrogens (tertiary/aromatic N) is 1. The van der Waals surface area contributed by atoms with Crippen LogP contribution >= 0.6 is 0 Å². The lowest BCUT2D eigenvalue weighted by atomic mass is 10.1. The summed E-state index contributed by atoms with van der Waals surface area (Å²) in [5, 5.41) is 8.38. The van der Waals surface area contributed by atoms with Crippen LogP contribution in [0.3, 0.4) is 0 Å². The molecule has 1 aromatic heterocycles. The lowest BCUT2D eigenvalue weighted by molar-refractivity contribution is 0.0626. The van der Waals surface area contributed by atoms with Crippen molar-refractivity contribution in [1.29, 1.82) is 0 Å². The Labute approximate surface area is 110 Å². The maximum atomic E-state index is 12.3. The number of carbonyl (C=O) groups is 1. The van der Waals surface area contributed by atoms with Gasteiger partial charge in [0.2, 0.25) is 10.9 Å². The first-order valence-corrected chi connectivity index (χ1v) is 7.26. The average molecular weight is 289 g/mol. The fourth-order valence-electron chi connectivity index (χ4n) is 1.96. The number of carboxylic acid groups (broad SMARTS) is 1. The Bertz CT molecular complexity index is 557. The van der Waals surface area contributed by atoms with E-state index in [0.29, 0.717) is 26.1 Å². The predicted octanol–water partition coefficient (Wildman–Crippen LogP) is 0.777. The third-order valence-electron chi connectivity index (χ3n) is 3.13. The van der Waals surface area contributed by atoms with E-state index in [0.717, 1.165) is 12.1 Å². The SMILES string of the molecule is CN(C1CCOCC1)S(=O)(=O)c1ccc(C(=O)O)o1. The molecule has 0 amide bonds. The Morgan fingerprint density at radius 2 is 2.00 bits per heavy atom. The van der Waals surface area contributed by atoms with Crippen LogP contribution in [0.4, 0.5) is 0 Å². The Kier molecular flexibility index (Phi) is 3.93. The van der Waals surface area contributed by atoms with Gasteiger partial charge in [0.15, 0.2) is 0 Å². The second-order valence-corrected chi connectivity index (χ2v) is 6.22. The van der Waals surface area contributed by atoms with Crippen LogP contribution < -0.4 is 0 Å². The smallest absolute Gasteiger partial charge is 0.371 e. The van der Waals surface area contributed by atoms with E-state index < -0.39 is 16.0 Å². The number of ether oxygens (including phenoxy) is 1. The van der Waals surface area contributed by atoms with Gasteiger partial charge >= 0.3 is 5.97 Å². The fourth-order valence-corrected chi connectivity index (χ4v) is 3.28. The summed E-state index contributed by atoms with van der Waals surface area (Å²) in [6.07, 6.45) is 1.23. The number of sulfonamides is 1. The normalized spacial score (nSPS) is 17.8. The molecule has 1 aliphatic rings. The molecule has 106 valence electrons. The molecule has 1 fully saturated rings. The highest BCUT2D eigenvalue weighted by molar-refractivity contribution is 7.89. The molecule has 0 aromatic carbocycles. The zero-order chi connectivity index (χ0) is 14.0. The molecule has 1 aliphatic heterocycles. The van der Waals surface area contributed by atoms with E-state index in [1.807, 2.05) is 0 Å². The predicted molar refractivity (Wildman–Crippen MR) is 64.5 cm³/mol. The largest absolute Gasteiger partial charge is 0.475 e. The number of rotatable bonds is 4. The number of hydrogen-bond acceptors (Lipinski definition) is 5. The van der Waals surface area contributed by atoms with Gasteiger partial charge in [-0.05, 0) is 25.0 Å². The van der Waals surface area contributed by atoms with Crippen molar-refractivity contribution < 1.29 is 27.5 Å². The number of hydrogen-bond donors (Lipinski definition) is 1. The highest BCUT2D eigenvalue weighted by atomic mass is 32.2. The van der Waals surface area contributed by atoms with Gasteiger partial charge in [0, 0.05) is 26.3 Å². The number of furan rings is 1. The van der Waals surface area contributed by atoms with E-state index in [2.05, 4.69) is 0 Å². The van der Waals surface area contributed by atoms with Gasteiger partial charge in [0.1, 0.15) is 0 Å². The average Bonchev–Trinajstić information content (AvgIpc) is 2.89. The molecule has 0 bridgehead atoms. The van der Waals surface area contributed by atoms with Crippen molar-refractivity contribution in [2.45, 2.75) is 24.0 Å². The minimum absolute atomic E-state index is 0.155. The molecule has 1 aromatic rings. The molecule has 7 nitrogen and oxygen atoms in total. The van der Waals surface area contributed by atoms with Gasteiger partial charge in [0.05, 0.1) is 0 Å². The van der Waals surface area contributed by atoms with Gasteiger partial charge in [-0.3, -0.25) is 0 Å². The van der Waals surface area contributed by atoms with Crippen LogP contribution in [0.5, 0.6) is 0 Å². The van der Waals surface area contributed by atoms with Crippen LogP contribution in [0.15, 0.2) is 21.6 Å². The van der Waals surface area contributed by atoms with Crippen LogP contribution in [0.25, 0.3) is 0 Å². The maximum Gasteiger partial charge on any atom is 0.371 e. The second-order valence-electron chi connectivity index (χ2n) is 4.29. The molecule has 0 saturated carbocycles.